The van der Waals surface area contributed by atoms with Gasteiger partial charge in [0.15, 0.2) is 5.96 Å². The zero-order chi connectivity index (χ0) is 18.4. The molecule has 0 saturated carbocycles. The van der Waals surface area contributed by atoms with Crippen LogP contribution < -0.4 is 10.6 Å². The summed E-state index contributed by atoms with van der Waals surface area (Å²) in [6, 6.07) is 3.68. The van der Waals surface area contributed by atoms with Crippen molar-refractivity contribution in [2.75, 3.05) is 13.1 Å². The molecule has 0 aliphatic heterocycles. The number of nitrogens with zero attached hydrogens (tertiary/aromatic N) is 3. The van der Waals surface area contributed by atoms with Gasteiger partial charge in [-0.15, -0.1) is 0 Å². The van der Waals surface area contributed by atoms with Crippen LogP contribution in [-0.2, 0) is 13.5 Å². The first-order valence-electron chi connectivity index (χ1n) is 8.67. The average Bonchev–Trinajstić information content (AvgIpc) is 3.18. The summed E-state index contributed by atoms with van der Waals surface area (Å²) < 4.78 is 7.12. The number of aryl methyl sites for hydroxylation is 2. The molecule has 0 amide bonds. The number of nitrogens with one attached hydrogen (secondary N) is 2. The van der Waals surface area contributed by atoms with Crippen LogP contribution >= 0.6 is 0 Å². The highest BCUT2D eigenvalue weighted by atomic mass is 16.4. The van der Waals surface area contributed by atoms with Crippen molar-refractivity contribution in [2.24, 2.45) is 12.0 Å². The zero-order valence-electron chi connectivity index (χ0n) is 15.7. The van der Waals surface area contributed by atoms with Gasteiger partial charge in [-0.05, 0) is 51.8 Å². The fourth-order valence-corrected chi connectivity index (χ4v) is 2.77. The van der Waals surface area contributed by atoms with Crippen LogP contribution in [-0.4, -0.2) is 40.0 Å². The molecule has 2 unspecified atom stereocenters. The smallest absolute Gasteiger partial charge is 0.191 e. The lowest BCUT2D eigenvalue weighted by Crippen LogP contribution is -2.43. The molecule has 0 spiro atoms. The molecule has 0 saturated heterocycles. The fraction of sp³-hybridized carbons (Fsp3) is 0.556. The summed E-state index contributed by atoms with van der Waals surface area (Å²) in [6.07, 6.45) is 1.66. The summed E-state index contributed by atoms with van der Waals surface area (Å²) >= 11 is 0. The van der Waals surface area contributed by atoms with Crippen LogP contribution in [0.5, 0.6) is 0 Å². The molecule has 0 aliphatic carbocycles. The molecule has 7 heteroatoms. The van der Waals surface area contributed by atoms with Crippen molar-refractivity contribution < 1.29 is 9.52 Å². The molecular formula is C18H29N5O2. The molecular weight excluding hydrogens is 318 g/mol. The maximum Gasteiger partial charge on any atom is 0.191 e. The quantitative estimate of drug-likeness (QED) is 0.525. The molecule has 3 N–H and O–H groups in total. The first-order chi connectivity index (χ1) is 11.9. The van der Waals surface area contributed by atoms with Crippen molar-refractivity contribution in [3.8, 4) is 0 Å². The molecule has 7 nitrogen and oxygen atoms in total. The molecule has 2 aromatic rings. The first-order valence-corrected chi connectivity index (χ1v) is 8.67. The van der Waals surface area contributed by atoms with Crippen LogP contribution in [0.25, 0.3) is 0 Å². The molecule has 0 radical (unpaired) electrons. The zero-order valence-corrected chi connectivity index (χ0v) is 15.7. The van der Waals surface area contributed by atoms with E-state index in [0.29, 0.717) is 11.7 Å². The van der Waals surface area contributed by atoms with E-state index in [0.717, 1.165) is 18.7 Å². The van der Waals surface area contributed by atoms with E-state index in [1.165, 1.54) is 11.3 Å². The Labute approximate surface area is 149 Å². The van der Waals surface area contributed by atoms with Crippen LogP contribution in [0.3, 0.4) is 0 Å². The van der Waals surface area contributed by atoms with Crippen molar-refractivity contribution in [1.82, 2.24) is 20.4 Å². The predicted octanol–water partition coefficient (Wildman–Crippen LogP) is 1.85. The third kappa shape index (κ3) is 5.09. The number of aliphatic hydroxyl groups is 1. The maximum absolute atomic E-state index is 10.1. The Morgan fingerprint density at radius 2 is 2.20 bits per heavy atom. The number of hydrogen-bond acceptors (Lipinski definition) is 4. The van der Waals surface area contributed by atoms with E-state index in [2.05, 4.69) is 34.6 Å². The summed E-state index contributed by atoms with van der Waals surface area (Å²) in [4.78, 5) is 4.46. The number of aromatic nitrogens is 2. The largest absolute Gasteiger partial charge is 0.467 e. The summed E-state index contributed by atoms with van der Waals surface area (Å²) in [5, 5.41) is 21.2. The van der Waals surface area contributed by atoms with E-state index < -0.39 is 6.10 Å². The molecule has 2 atom stereocenters. The van der Waals surface area contributed by atoms with E-state index in [-0.39, 0.29) is 12.6 Å². The Morgan fingerprint density at radius 3 is 2.76 bits per heavy atom. The Kier molecular flexibility index (Phi) is 6.64. The van der Waals surface area contributed by atoms with Crippen LogP contribution in [0.2, 0.25) is 0 Å². The number of furan rings is 1. The summed E-state index contributed by atoms with van der Waals surface area (Å²) in [7, 11) is 1.96. The van der Waals surface area contributed by atoms with Gasteiger partial charge in [-0.2, -0.15) is 5.10 Å². The standard InChI is InChI=1S/C18H29N5O2/c1-6-19-18(20-11-16(24)17-8-7-9-25-17)21-12(2)10-15-13(3)22-23(5)14(15)4/h7-9,12,16,24H,6,10-11H2,1-5H3,(H2,19,20,21). The number of aliphatic imine (C=N–C) groups is 1. The van der Waals surface area contributed by atoms with Gasteiger partial charge in [0.05, 0.1) is 18.5 Å². The third-order valence-corrected chi connectivity index (χ3v) is 4.19. The van der Waals surface area contributed by atoms with Crippen molar-refractivity contribution in [1.29, 1.82) is 0 Å². The number of hydrogen-bond donors (Lipinski definition) is 3. The minimum absolute atomic E-state index is 0.181. The van der Waals surface area contributed by atoms with Crippen molar-refractivity contribution in [3.05, 3.63) is 41.1 Å². The minimum Gasteiger partial charge on any atom is -0.467 e. The fourth-order valence-electron chi connectivity index (χ4n) is 2.77. The van der Waals surface area contributed by atoms with Gasteiger partial charge in [-0.1, -0.05) is 0 Å². The molecule has 2 rings (SSSR count). The van der Waals surface area contributed by atoms with Crippen molar-refractivity contribution >= 4 is 5.96 Å². The van der Waals surface area contributed by atoms with Crippen molar-refractivity contribution in [3.63, 3.8) is 0 Å². The van der Waals surface area contributed by atoms with Crippen LogP contribution in [0.15, 0.2) is 27.8 Å². The highest BCUT2D eigenvalue weighted by Gasteiger charge is 2.15. The van der Waals surface area contributed by atoms with Gasteiger partial charge in [-0.25, -0.2) is 0 Å². The maximum atomic E-state index is 10.1. The Hall–Kier alpha value is -2.28. The van der Waals surface area contributed by atoms with Crippen LogP contribution in [0.4, 0.5) is 0 Å². The second kappa shape index (κ2) is 8.71. The number of rotatable bonds is 7. The monoisotopic (exact) mass is 347 g/mol. The normalized spacial score (nSPS) is 14.4. The second-order valence-electron chi connectivity index (χ2n) is 6.27. The molecule has 0 bridgehead atoms. The highest BCUT2D eigenvalue weighted by molar-refractivity contribution is 5.80. The van der Waals surface area contributed by atoms with Gasteiger partial charge in [0.2, 0.25) is 0 Å². The molecule has 0 fully saturated rings. The molecule has 0 aromatic carbocycles. The third-order valence-electron chi connectivity index (χ3n) is 4.19. The molecule has 0 aliphatic rings. The average molecular weight is 347 g/mol. The van der Waals surface area contributed by atoms with E-state index in [1.807, 2.05) is 25.6 Å². The lowest BCUT2D eigenvalue weighted by molar-refractivity contribution is 0.158. The van der Waals surface area contributed by atoms with E-state index in [9.17, 15) is 5.11 Å². The van der Waals surface area contributed by atoms with Gasteiger partial charge >= 0.3 is 0 Å². The second-order valence-corrected chi connectivity index (χ2v) is 6.27. The number of aliphatic hydroxyl groups excluding tert-OH is 1. The lowest BCUT2D eigenvalue weighted by Gasteiger charge is -2.18. The lowest BCUT2D eigenvalue weighted by atomic mass is 10.1. The number of guanidine groups is 1. The van der Waals surface area contributed by atoms with E-state index >= 15 is 0 Å². The van der Waals surface area contributed by atoms with Gasteiger partial charge in [0.1, 0.15) is 11.9 Å². The Balaban J connectivity index is 1.98. The molecule has 138 valence electrons. The summed E-state index contributed by atoms with van der Waals surface area (Å²) in [6.45, 7) is 9.23. The van der Waals surface area contributed by atoms with Gasteiger partial charge < -0.3 is 20.2 Å². The molecule has 2 heterocycles. The topological polar surface area (TPSA) is 87.6 Å². The van der Waals surface area contributed by atoms with E-state index in [1.54, 1.807) is 18.4 Å². The van der Waals surface area contributed by atoms with Crippen LogP contribution in [0, 0.1) is 13.8 Å². The van der Waals surface area contributed by atoms with Gasteiger partial charge in [0.25, 0.3) is 0 Å². The van der Waals surface area contributed by atoms with Crippen molar-refractivity contribution in [2.45, 2.75) is 46.3 Å². The SMILES string of the molecule is CCNC(=NCC(O)c1ccco1)NC(C)Cc1c(C)nn(C)c1C. The summed E-state index contributed by atoms with van der Waals surface area (Å²) in [5.41, 5.74) is 3.50. The molecule has 25 heavy (non-hydrogen) atoms. The van der Waals surface area contributed by atoms with E-state index in [4.69, 9.17) is 4.42 Å². The Bertz CT molecular complexity index is 691. The van der Waals surface area contributed by atoms with Gasteiger partial charge in [0, 0.05) is 25.3 Å². The molecule has 2 aromatic heterocycles. The summed E-state index contributed by atoms with van der Waals surface area (Å²) in [5.74, 6) is 1.20. The van der Waals surface area contributed by atoms with Gasteiger partial charge in [-0.3, -0.25) is 9.67 Å². The first kappa shape index (κ1) is 19.1. The van der Waals surface area contributed by atoms with Crippen LogP contribution in [0.1, 0.15) is 42.7 Å². The highest BCUT2D eigenvalue weighted by Crippen LogP contribution is 2.15. The Morgan fingerprint density at radius 1 is 1.44 bits per heavy atom. The predicted molar refractivity (Wildman–Crippen MR) is 98.6 cm³/mol. The minimum atomic E-state index is -0.747.